The number of ether oxygens (including phenoxy) is 1. The Morgan fingerprint density at radius 2 is 2.46 bits per heavy atom. The standard InChI is InChI=1S/C10H13NO2/c1-13-10-6-9(11-12)7-4-2-3-5-8(7)10/h2,4,10,12H,3,5-6H2,1H3/b11-9+. The Kier molecular flexibility index (Phi) is 2.19. The molecule has 2 rings (SSSR count). The van der Waals surface area contributed by atoms with Crippen LogP contribution in [0.5, 0.6) is 0 Å². The smallest absolute Gasteiger partial charge is 0.0897 e. The lowest BCUT2D eigenvalue weighted by Gasteiger charge is -2.13. The van der Waals surface area contributed by atoms with Crippen LogP contribution in [0, 0.1) is 0 Å². The predicted molar refractivity (Wildman–Crippen MR) is 50.0 cm³/mol. The highest BCUT2D eigenvalue weighted by Crippen LogP contribution is 2.33. The Hall–Kier alpha value is -1.09. The predicted octanol–water partition coefficient (Wildman–Crippen LogP) is 1.88. The van der Waals surface area contributed by atoms with Gasteiger partial charge in [0.05, 0.1) is 11.8 Å². The Morgan fingerprint density at radius 1 is 1.62 bits per heavy atom. The second-order valence-corrected chi connectivity index (χ2v) is 3.36. The van der Waals surface area contributed by atoms with Crippen LogP contribution in [0.25, 0.3) is 0 Å². The number of hydrogen-bond donors (Lipinski definition) is 1. The molecule has 70 valence electrons. The highest BCUT2D eigenvalue weighted by Gasteiger charge is 2.30. The number of hydrogen-bond acceptors (Lipinski definition) is 3. The molecule has 1 unspecified atom stereocenters. The van der Waals surface area contributed by atoms with E-state index in [0.717, 1.165) is 24.1 Å². The molecule has 0 bridgehead atoms. The number of oxime groups is 1. The molecule has 3 nitrogen and oxygen atoms in total. The molecule has 0 radical (unpaired) electrons. The topological polar surface area (TPSA) is 41.8 Å². The van der Waals surface area contributed by atoms with E-state index in [9.17, 15) is 0 Å². The fourth-order valence-electron chi connectivity index (χ4n) is 2.03. The number of methoxy groups -OCH3 is 1. The van der Waals surface area contributed by atoms with Crippen LogP contribution in [0.2, 0.25) is 0 Å². The first kappa shape index (κ1) is 8.51. The Balaban J connectivity index is 2.36. The number of allylic oxidation sites excluding steroid dienone is 3. The second kappa shape index (κ2) is 3.34. The molecule has 13 heavy (non-hydrogen) atoms. The first-order chi connectivity index (χ1) is 6.36. The molecule has 0 saturated carbocycles. The maximum Gasteiger partial charge on any atom is 0.0897 e. The van der Waals surface area contributed by atoms with E-state index >= 15 is 0 Å². The third-order valence-electron chi connectivity index (χ3n) is 2.69. The van der Waals surface area contributed by atoms with E-state index in [1.54, 1.807) is 7.11 Å². The van der Waals surface area contributed by atoms with Gasteiger partial charge in [-0.25, -0.2) is 0 Å². The van der Waals surface area contributed by atoms with Crippen LogP contribution < -0.4 is 0 Å². The van der Waals surface area contributed by atoms with Gasteiger partial charge in [-0.15, -0.1) is 0 Å². The average Bonchev–Trinajstić information content (AvgIpc) is 2.56. The molecule has 0 saturated heterocycles. The minimum absolute atomic E-state index is 0.130. The Morgan fingerprint density at radius 3 is 3.15 bits per heavy atom. The SMILES string of the molecule is COC1C/C(=N\O)C2=C1CCC=C2. The van der Waals surface area contributed by atoms with Crippen LogP contribution in [-0.2, 0) is 4.74 Å². The zero-order chi connectivity index (χ0) is 9.26. The van der Waals surface area contributed by atoms with Gasteiger partial charge in [-0.3, -0.25) is 0 Å². The normalized spacial score (nSPS) is 29.9. The molecule has 0 aromatic carbocycles. The molecule has 3 heteroatoms. The number of nitrogens with zero attached hydrogens (tertiary/aromatic N) is 1. The van der Waals surface area contributed by atoms with Crippen molar-refractivity contribution < 1.29 is 9.94 Å². The zero-order valence-electron chi connectivity index (χ0n) is 7.66. The summed E-state index contributed by atoms with van der Waals surface area (Å²) in [6.07, 6.45) is 7.09. The summed E-state index contributed by atoms with van der Waals surface area (Å²) in [6, 6.07) is 0. The first-order valence-corrected chi connectivity index (χ1v) is 4.50. The molecule has 0 aromatic heterocycles. The van der Waals surface area contributed by atoms with Gasteiger partial charge in [-0.05, 0) is 18.4 Å². The molecule has 1 N–H and O–H groups in total. The minimum atomic E-state index is 0.130. The summed E-state index contributed by atoms with van der Waals surface area (Å²) < 4.78 is 5.33. The Labute approximate surface area is 77.4 Å². The van der Waals surface area contributed by atoms with Gasteiger partial charge in [0, 0.05) is 19.1 Å². The van der Waals surface area contributed by atoms with Crippen molar-refractivity contribution in [2.45, 2.75) is 25.4 Å². The first-order valence-electron chi connectivity index (χ1n) is 4.50. The molecular weight excluding hydrogens is 166 g/mol. The van der Waals surface area contributed by atoms with Gasteiger partial charge in [0.25, 0.3) is 0 Å². The van der Waals surface area contributed by atoms with Gasteiger partial charge in [0.2, 0.25) is 0 Å². The van der Waals surface area contributed by atoms with E-state index in [4.69, 9.17) is 9.94 Å². The van der Waals surface area contributed by atoms with Crippen molar-refractivity contribution in [3.05, 3.63) is 23.3 Å². The average molecular weight is 179 g/mol. The fraction of sp³-hybridized carbons (Fsp3) is 0.500. The molecule has 0 aliphatic heterocycles. The van der Waals surface area contributed by atoms with Crippen LogP contribution in [-0.4, -0.2) is 24.1 Å². The summed E-state index contributed by atoms with van der Waals surface area (Å²) in [5.74, 6) is 0. The quantitative estimate of drug-likeness (QED) is 0.493. The molecule has 2 aliphatic rings. The van der Waals surface area contributed by atoms with Crippen molar-refractivity contribution in [2.75, 3.05) is 7.11 Å². The van der Waals surface area contributed by atoms with Crippen LogP contribution >= 0.6 is 0 Å². The number of rotatable bonds is 1. The van der Waals surface area contributed by atoms with Crippen molar-refractivity contribution in [3.8, 4) is 0 Å². The zero-order valence-corrected chi connectivity index (χ0v) is 7.66. The summed E-state index contributed by atoms with van der Waals surface area (Å²) in [6.45, 7) is 0. The maximum absolute atomic E-state index is 8.78. The van der Waals surface area contributed by atoms with Crippen molar-refractivity contribution in [2.24, 2.45) is 5.16 Å². The highest BCUT2D eigenvalue weighted by atomic mass is 16.5. The van der Waals surface area contributed by atoms with E-state index in [2.05, 4.69) is 11.2 Å². The van der Waals surface area contributed by atoms with Gasteiger partial charge in [0.1, 0.15) is 0 Å². The van der Waals surface area contributed by atoms with Crippen molar-refractivity contribution in [1.82, 2.24) is 0 Å². The van der Waals surface area contributed by atoms with E-state index in [1.807, 2.05) is 6.08 Å². The minimum Gasteiger partial charge on any atom is -0.411 e. The second-order valence-electron chi connectivity index (χ2n) is 3.36. The van der Waals surface area contributed by atoms with E-state index in [1.165, 1.54) is 5.57 Å². The lowest BCUT2D eigenvalue weighted by Crippen LogP contribution is -2.10. The Bertz CT molecular complexity index is 302. The van der Waals surface area contributed by atoms with E-state index in [-0.39, 0.29) is 6.10 Å². The third kappa shape index (κ3) is 1.29. The van der Waals surface area contributed by atoms with Crippen LogP contribution in [0.1, 0.15) is 19.3 Å². The van der Waals surface area contributed by atoms with E-state index in [0.29, 0.717) is 6.42 Å². The van der Waals surface area contributed by atoms with E-state index < -0.39 is 0 Å². The fourth-order valence-corrected chi connectivity index (χ4v) is 2.03. The van der Waals surface area contributed by atoms with Crippen LogP contribution in [0.15, 0.2) is 28.5 Å². The lowest BCUT2D eigenvalue weighted by atomic mass is 9.99. The van der Waals surface area contributed by atoms with Crippen molar-refractivity contribution in [1.29, 1.82) is 0 Å². The largest absolute Gasteiger partial charge is 0.411 e. The van der Waals surface area contributed by atoms with Gasteiger partial charge in [0.15, 0.2) is 0 Å². The molecule has 2 aliphatic carbocycles. The van der Waals surface area contributed by atoms with Gasteiger partial charge in [-0.2, -0.15) is 0 Å². The third-order valence-corrected chi connectivity index (χ3v) is 2.69. The monoisotopic (exact) mass is 179 g/mol. The molecule has 0 spiro atoms. The highest BCUT2D eigenvalue weighted by molar-refractivity contribution is 6.06. The van der Waals surface area contributed by atoms with Crippen LogP contribution in [0.3, 0.4) is 0 Å². The van der Waals surface area contributed by atoms with Gasteiger partial charge >= 0.3 is 0 Å². The summed E-state index contributed by atoms with van der Waals surface area (Å²) in [5, 5.41) is 12.1. The summed E-state index contributed by atoms with van der Waals surface area (Å²) in [4.78, 5) is 0. The summed E-state index contributed by atoms with van der Waals surface area (Å²) >= 11 is 0. The maximum atomic E-state index is 8.78. The molecule has 0 heterocycles. The van der Waals surface area contributed by atoms with Crippen molar-refractivity contribution in [3.63, 3.8) is 0 Å². The molecule has 0 amide bonds. The summed E-state index contributed by atoms with van der Waals surface area (Å²) in [5.41, 5.74) is 3.14. The molecule has 0 aromatic rings. The molecule has 0 fully saturated rings. The van der Waals surface area contributed by atoms with Gasteiger partial charge < -0.3 is 9.94 Å². The van der Waals surface area contributed by atoms with Gasteiger partial charge in [-0.1, -0.05) is 17.3 Å². The summed E-state index contributed by atoms with van der Waals surface area (Å²) in [7, 11) is 1.70. The van der Waals surface area contributed by atoms with Crippen molar-refractivity contribution >= 4 is 5.71 Å². The lowest BCUT2D eigenvalue weighted by molar-refractivity contribution is 0.137. The molecule has 1 atom stereocenters. The molecular formula is C10H13NO2. The van der Waals surface area contributed by atoms with Crippen LogP contribution in [0.4, 0.5) is 0 Å².